The first kappa shape index (κ1) is 65.9. The predicted octanol–water partition coefficient (Wildman–Crippen LogP) is 8.72. The number of pyridine rings is 1. The summed E-state index contributed by atoms with van der Waals surface area (Å²) < 4.78 is 62.8. The topological polar surface area (TPSA) is 220 Å². The molecular formula is C58H84Cl2IN3O16S. The van der Waals surface area contributed by atoms with Gasteiger partial charge in [0.15, 0.2) is 33.8 Å². The fourth-order valence-corrected chi connectivity index (χ4v) is 15.5. The predicted molar refractivity (Wildman–Crippen MR) is 314 cm³/mol. The van der Waals surface area contributed by atoms with Crippen LogP contribution in [-0.2, 0) is 52.3 Å². The molecule has 7 rings (SSSR count). The molecule has 5 heterocycles. The number of anilines is 1. The van der Waals surface area contributed by atoms with Crippen molar-refractivity contribution in [3.8, 4) is 11.5 Å². The van der Waals surface area contributed by atoms with Crippen molar-refractivity contribution in [3.63, 3.8) is 0 Å². The van der Waals surface area contributed by atoms with Crippen molar-refractivity contribution >= 4 is 86.9 Å². The zero-order chi connectivity index (χ0) is 59.6. The number of ketones is 1. The highest BCUT2D eigenvalue weighted by Crippen LogP contribution is 2.51. The quantitative estimate of drug-likeness (QED) is 0.0911. The minimum Gasteiger partial charge on any atom is -0.493 e. The average Bonchev–Trinajstić information content (AvgIpc) is 3.17. The van der Waals surface area contributed by atoms with E-state index >= 15 is 9.59 Å². The number of ether oxygens (including phenoxy) is 10. The Kier molecular flexibility index (Phi) is 22.3. The third kappa shape index (κ3) is 14.1. The number of thioether (sulfide) groups is 1. The molecule has 1 amide bonds. The fourth-order valence-electron chi connectivity index (χ4n) is 12.8. The van der Waals surface area contributed by atoms with Crippen LogP contribution in [0.3, 0.4) is 0 Å². The van der Waals surface area contributed by atoms with Gasteiger partial charge in [-0.15, -0.1) is 11.8 Å². The van der Waals surface area contributed by atoms with Crippen LogP contribution >= 0.6 is 57.6 Å². The molecule has 19 nitrogen and oxygen atoms in total. The highest BCUT2D eigenvalue weighted by atomic mass is 127. The third-order valence-corrected chi connectivity index (χ3v) is 21.0. The van der Waals surface area contributed by atoms with E-state index in [4.69, 9.17) is 70.6 Å². The van der Waals surface area contributed by atoms with Gasteiger partial charge in [-0.05, 0) is 129 Å². The Labute approximate surface area is 505 Å². The Bertz CT molecular complexity index is 2520. The largest absolute Gasteiger partial charge is 0.493 e. The number of aliphatic hydroxyl groups is 2. The van der Waals surface area contributed by atoms with E-state index in [0.717, 1.165) is 25.7 Å². The van der Waals surface area contributed by atoms with E-state index in [2.05, 4.69) is 4.98 Å². The van der Waals surface area contributed by atoms with Crippen LogP contribution in [0, 0.1) is 29.6 Å². The second kappa shape index (κ2) is 27.4. The van der Waals surface area contributed by atoms with Crippen molar-refractivity contribution in [2.45, 2.75) is 195 Å². The molecule has 0 radical (unpaired) electrons. The molecular weight excluding hydrogens is 1220 g/mol. The first-order valence-electron chi connectivity index (χ1n) is 28.1. The average molecular weight is 1310 g/mol. The van der Waals surface area contributed by atoms with Crippen molar-refractivity contribution < 1.29 is 76.8 Å². The summed E-state index contributed by atoms with van der Waals surface area (Å²) >= 11 is 16.4. The molecule has 5 aliphatic rings. The van der Waals surface area contributed by atoms with Crippen LogP contribution < -0.4 is 14.4 Å². The first-order chi connectivity index (χ1) is 38.1. The van der Waals surface area contributed by atoms with Gasteiger partial charge in [-0.1, -0.05) is 44.0 Å². The third-order valence-electron chi connectivity index (χ3n) is 17.6. The van der Waals surface area contributed by atoms with Crippen molar-refractivity contribution in [3.05, 3.63) is 46.2 Å². The lowest BCUT2D eigenvalue weighted by Gasteiger charge is -2.49. The lowest BCUT2D eigenvalue weighted by atomic mass is 9.72. The van der Waals surface area contributed by atoms with Gasteiger partial charge in [-0.2, -0.15) is 0 Å². The van der Waals surface area contributed by atoms with Gasteiger partial charge < -0.3 is 67.4 Å². The Morgan fingerprint density at radius 3 is 2.15 bits per heavy atom. The molecule has 0 bridgehead atoms. The molecule has 19 atom stereocenters. The van der Waals surface area contributed by atoms with Crippen LogP contribution in [0.1, 0.15) is 118 Å². The summed E-state index contributed by atoms with van der Waals surface area (Å²) in [6.45, 7) is 16.0. The zero-order valence-electron chi connectivity index (χ0n) is 49.1. The van der Waals surface area contributed by atoms with Gasteiger partial charge in [0.25, 0.3) is 5.91 Å². The molecule has 2 N–H and O–H groups in total. The standard InChI is InChI=1S/C58H84Cl2IN3O16S/c1-29-25-57(8,73-14)50(78-54-46(66)39(63(10)11)23-30(2)74-54)32(4)47(77-42-26-56(7,72-13)49(67)34(6)75-42)33(5)52(69)79-55(61)58(9)44(31(3)45(29)65)48(53(70)80-58)81-22-21-64(51(68)43-37(59)27-62-28-38(43)60)35-19-20-40(71-12)41(24-35)76-36-17-15-16-18-36/h19-20,24,27-34,36,39,42,44,46-50,54-55,66-67H,15-18,21-23,25-26H2,1-14H3/t29-,30-,31-,32+,33-,34+,39+,42+,44+,46-,47+,48+,49+,50-,54+,55+,56-,57-,58+/m1/s1. The number of cyclic esters (lactones) is 1. The number of carbonyl (C=O) groups excluding carboxylic acids is 4. The molecule has 5 fully saturated rings. The number of alkyl halides is 1. The molecule has 4 aliphatic heterocycles. The van der Waals surface area contributed by atoms with E-state index < -0.39 is 117 Å². The smallest absolute Gasteiger partial charge is 0.320 e. The van der Waals surface area contributed by atoms with Gasteiger partial charge in [0.2, 0.25) is 0 Å². The van der Waals surface area contributed by atoms with Crippen LogP contribution in [0.15, 0.2) is 30.6 Å². The minimum absolute atomic E-state index is 0.0202. The molecule has 4 saturated heterocycles. The van der Waals surface area contributed by atoms with Gasteiger partial charge in [0.1, 0.15) is 23.2 Å². The Morgan fingerprint density at radius 1 is 0.877 bits per heavy atom. The maximum Gasteiger partial charge on any atom is 0.320 e. The number of Topliss-reactive ketones (excluding diaryl/α,β-unsaturated/α-hetero) is 1. The van der Waals surface area contributed by atoms with E-state index in [1.54, 1.807) is 59.9 Å². The Hall–Kier alpha value is -2.65. The van der Waals surface area contributed by atoms with Gasteiger partial charge in [0.05, 0.1) is 70.4 Å². The summed E-state index contributed by atoms with van der Waals surface area (Å²) in [6, 6.07) is 4.87. The lowest BCUT2D eigenvalue weighted by molar-refractivity contribution is -0.319. The number of benzene rings is 1. The number of fused-ring (bicyclic) bond motifs is 1. The minimum atomic E-state index is -1.57. The van der Waals surface area contributed by atoms with Crippen molar-refractivity contribution in [1.29, 1.82) is 0 Å². The number of hydrogen-bond acceptors (Lipinski definition) is 19. The van der Waals surface area contributed by atoms with Crippen LogP contribution in [-0.4, -0.2) is 179 Å². The molecule has 0 unspecified atom stereocenters. The number of hydrogen-bond donors (Lipinski definition) is 2. The number of carbonyl (C=O) groups is 4. The van der Waals surface area contributed by atoms with Crippen LogP contribution in [0.2, 0.25) is 10.0 Å². The highest BCUT2D eigenvalue weighted by molar-refractivity contribution is 14.1. The summed E-state index contributed by atoms with van der Waals surface area (Å²) in [6.07, 6.45) is -0.294. The van der Waals surface area contributed by atoms with Gasteiger partial charge in [-0.3, -0.25) is 24.2 Å². The van der Waals surface area contributed by atoms with Crippen LogP contribution in [0.25, 0.3) is 0 Å². The number of aromatic nitrogens is 1. The van der Waals surface area contributed by atoms with E-state index in [-0.39, 0.29) is 64.8 Å². The molecule has 23 heteroatoms. The number of methoxy groups -OCH3 is 3. The Morgan fingerprint density at radius 2 is 1.53 bits per heavy atom. The SMILES string of the molecule is COc1ccc(N(CCS[C@@H]2C(=O)O[C@@]3(C)[C@H]2[C@@H](C)C(=O)[C@H](C)C[C@@](C)(OC)[C@H](O[C@@H]2O[C@H](C)C[C@H](N(C)C)[C@H]2O)[C@@H](C)[C@H](O[C@H]2C[C@@](C)(OC)[C@@H](O)[C@H](C)O2)[C@@H](C)C(=O)O[C@@H]3I)C(=O)c2c(Cl)cncc2Cl)cc1OC1CCCC1. The number of esters is 2. The maximum atomic E-state index is 15.4. The van der Waals surface area contributed by atoms with Crippen LogP contribution in [0.4, 0.5) is 5.69 Å². The normalized spacial score (nSPS) is 38.2. The number of halogens is 3. The second-order valence-corrected chi connectivity index (χ2v) is 26.8. The molecule has 1 aromatic carbocycles. The van der Waals surface area contributed by atoms with Gasteiger partial charge in [0, 0.05) is 86.8 Å². The monoisotopic (exact) mass is 1310 g/mol. The van der Waals surface area contributed by atoms with E-state index in [9.17, 15) is 19.8 Å². The number of aliphatic hydroxyl groups excluding tert-OH is 2. The van der Waals surface area contributed by atoms with E-state index in [0.29, 0.717) is 23.6 Å². The van der Waals surface area contributed by atoms with Gasteiger partial charge in [-0.25, -0.2) is 0 Å². The van der Waals surface area contributed by atoms with Crippen molar-refractivity contribution in [2.75, 3.05) is 52.6 Å². The van der Waals surface area contributed by atoms with Crippen LogP contribution in [0.5, 0.6) is 11.5 Å². The van der Waals surface area contributed by atoms with E-state index in [1.165, 1.54) is 43.3 Å². The zero-order valence-corrected chi connectivity index (χ0v) is 53.5. The van der Waals surface area contributed by atoms with Crippen molar-refractivity contribution in [2.24, 2.45) is 29.6 Å². The summed E-state index contributed by atoms with van der Waals surface area (Å²) in [5.41, 5.74) is -3.52. The van der Waals surface area contributed by atoms with E-state index in [1.807, 2.05) is 69.3 Å². The maximum absolute atomic E-state index is 15.4. The highest BCUT2D eigenvalue weighted by Gasteiger charge is 2.62. The summed E-state index contributed by atoms with van der Waals surface area (Å²) in [5, 5.41) is 22.2. The summed E-state index contributed by atoms with van der Waals surface area (Å²) in [5.74, 6) is -5.39. The van der Waals surface area contributed by atoms with Gasteiger partial charge >= 0.3 is 11.9 Å². The number of nitrogens with zero attached hydrogens (tertiary/aromatic N) is 3. The molecule has 0 spiro atoms. The molecule has 2 aromatic rings. The number of rotatable bonds is 16. The first-order valence-corrected chi connectivity index (χ1v) is 31.1. The lowest BCUT2D eigenvalue weighted by Crippen LogP contribution is -2.61. The summed E-state index contributed by atoms with van der Waals surface area (Å²) in [7, 11) is 8.33. The molecule has 81 heavy (non-hydrogen) atoms. The molecule has 1 saturated carbocycles. The molecule has 1 aliphatic carbocycles. The number of likely N-dealkylation sites (N-methyl/N-ethyl adjacent to an activating group) is 1. The summed E-state index contributed by atoms with van der Waals surface area (Å²) in [4.78, 5) is 67.3. The van der Waals surface area contributed by atoms with Crippen molar-refractivity contribution in [1.82, 2.24) is 9.88 Å². The molecule has 1 aromatic heterocycles. The molecule has 454 valence electrons. The second-order valence-electron chi connectivity index (χ2n) is 23.6. The number of amides is 1. The fraction of sp³-hybridized carbons (Fsp3) is 0.741. The Balaban J connectivity index is 1.26.